The van der Waals surface area contributed by atoms with Crippen LogP contribution in [-0.4, -0.2) is 25.1 Å². The number of nitrogens with zero attached hydrogens (tertiary/aromatic N) is 3. The molecule has 0 spiro atoms. The number of hydrogen-bond acceptors (Lipinski definition) is 5. The summed E-state index contributed by atoms with van der Waals surface area (Å²) in [7, 11) is 3.62. The van der Waals surface area contributed by atoms with Crippen molar-refractivity contribution in [1.82, 2.24) is 4.37 Å². The summed E-state index contributed by atoms with van der Waals surface area (Å²) in [5, 5.41) is 10.2. The third-order valence-corrected chi connectivity index (χ3v) is 4.55. The predicted molar refractivity (Wildman–Crippen MR) is 86.4 cm³/mol. The van der Waals surface area contributed by atoms with Crippen molar-refractivity contribution >= 4 is 28.1 Å². The van der Waals surface area contributed by atoms with Crippen LogP contribution in [0, 0.1) is 11.3 Å². The van der Waals surface area contributed by atoms with Crippen molar-refractivity contribution < 1.29 is 4.74 Å². The summed E-state index contributed by atoms with van der Waals surface area (Å²) in [5.41, 5.74) is 1.74. The highest BCUT2D eigenvalue weighted by molar-refractivity contribution is 7.10. The van der Waals surface area contributed by atoms with Gasteiger partial charge in [-0.1, -0.05) is 23.7 Å². The Kier molecular flexibility index (Phi) is 5.43. The molecule has 0 bridgehead atoms. The molecular formula is C15H16ClN3OS. The molecule has 0 aliphatic heterocycles. The largest absolute Gasteiger partial charge is 0.497 e. The van der Waals surface area contributed by atoms with Crippen molar-refractivity contribution in [2.24, 2.45) is 0 Å². The van der Waals surface area contributed by atoms with E-state index in [-0.39, 0.29) is 0 Å². The molecule has 0 amide bonds. The van der Waals surface area contributed by atoms with Crippen LogP contribution in [-0.2, 0) is 6.42 Å². The lowest BCUT2D eigenvalue weighted by atomic mass is 10.1. The fourth-order valence-electron chi connectivity index (χ4n) is 2.03. The van der Waals surface area contributed by atoms with E-state index in [1.807, 2.05) is 24.1 Å². The molecule has 21 heavy (non-hydrogen) atoms. The van der Waals surface area contributed by atoms with Crippen LogP contribution in [0.5, 0.6) is 5.75 Å². The fourth-order valence-corrected chi connectivity index (χ4v) is 3.04. The Labute approximate surface area is 133 Å². The summed E-state index contributed by atoms with van der Waals surface area (Å²) in [6.45, 7) is 0.846. The van der Waals surface area contributed by atoms with Gasteiger partial charge in [-0.25, -0.2) is 0 Å². The van der Waals surface area contributed by atoms with E-state index in [1.54, 1.807) is 7.11 Å². The Morgan fingerprint density at radius 1 is 1.38 bits per heavy atom. The molecule has 110 valence electrons. The average molecular weight is 322 g/mol. The first-order valence-corrected chi connectivity index (χ1v) is 7.70. The first kappa shape index (κ1) is 15.6. The maximum atomic E-state index is 9.08. The normalized spacial score (nSPS) is 10.2. The van der Waals surface area contributed by atoms with Gasteiger partial charge < -0.3 is 9.64 Å². The summed E-state index contributed by atoms with van der Waals surface area (Å²) in [6, 6.07) is 10.2. The van der Waals surface area contributed by atoms with Crippen molar-refractivity contribution in [2.45, 2.75) is 12.8 Å². The van der Waals surface area contributed by atoms with E-state index in [1.165, 1.54) is 17.1 Å². The van der Waals surface area contributed by atoms with Crippen molar-refractivity contribution in [1.29, 1.82) is 5.26 Å². The molecule has 0 radical (unpaired) electrons. The maximum absolute atomic E-state index is 9.08. The minimum absolute atomic E-state index is 0.291. The molecule has 0 aliphatic carbocycles. The van der Waals surface area contributed by atoms with Crippen LogP contribution < -0.4 is 9.64 Å². The lowest BCUT2D eigenvalue weighted by Crippen LogP contribution is -2.18. The Morgan fingerprint density at radius 3 is 2.71 bits per heavy atom. The van der Waals surface area contributed by atoms with Crippen LogP contribution in [0.15, 0.2) is 24.3 Å². The van der Waals surface area contributed by atoms with E-state index < -0.39 is 0 Å². The van der Waals surface area contributed by atoms with E-state index in [0.717, 1.165) is 30.1 Å². The molecule has 2 aromatic rings. The van der Waals surface area contributed by atoms with Gasteiger partial charge in [0.15, 0.2) is 5.15 Å². The van der Waals surface area contributed by atoms with Gasteiger partial charge in [-0.05, 0) is 42.1 Å². The van der Waals surface area contributed by atoms with Crippen LogP contribution in [0.1, 0.15) is 17.5 Å². The Balaban J connectivity index is 1.89. The van der Waals surface area contributed by atoms with Gasteiger partial charge in [0, 0.05) is 13.6 Å². The molecule has 0 N–H and O–H groups in total. The second kappa shape index (κ2) is 7.30. The predicted octanol–water partition coefficient (Wildman–Crippen LogP) is 3.75. The third kappa shape index (κ3) is 3.87. The van der Waals surface area contributed by atoms with Crippen molar-refractivity contribution in [3.05, 3.63) is 40.5 Å². The smallest absolute Gasteiger partial charge is 0.162 e. The minimum Gasteiger partial charge on any atom is -0.497 e. The minimum atomic E-state index is 0.291. The van der Waals surface area contributed by atoms with Crippen molar-refractivity contribution in [2.75, 3.05) is 25.6 Å². The monoisotopic (exact) mass is 321 g/mol. The zero-order chi connectivity index (χ0) is 15.2. The summed E-state index contributed by atoms with van der Waals surface area (Å²) in [5.74, 6) is 0.869. The van der Waals surface area contributed by atoms with Crippen LogP contribution in [0.4, 0.5) is 5.00 Å². The maximum Gasteiger partial charge on any atom is 0.162 e. The van der Waals surface area contributed by atoms with E-state index in [9.17, 15) is 0 Å². The highest BCUT2D eigenvalue weighted by Crippen LogP contribution is 2.30. The van der Waals surface area contributed by atoms with Gasteiger partial charge in [0.1, 0.15) is 22.4 Å². The van der Waals surface area contributed by atoms with E-state index in [4.69, 9.17) is 21.6 Å². The van der Waals surface area contributed by atoms with Gasteiger partial charge in [-0.2, -0.15) is 9.64 Å². The molecule has 2 rings (SSSR count). The Morgan fingerprint density at radius 2 is 2.10 bits per heavy atom. The number of hydrogen-bond donors (Lipinski definition) is 0. The Bertz CT molecular complexity index is 633. The molecule has 0 saturated carbocycles. The van der Waals surface area contributed by atoms with E-state index in [0.29, 0.717) is 10.7 Å². The number of benzene rings is 1. The van der Waals surface area contributed by atoms with Gasteiger partial charge in [0.25, 0.3) is 0 Å². The summed E-state index contributed by atoms with van der Waals surface area (Å²) in [6.07, 6.45) is 1.96. The summed E-state index contributed by atoms with van der Waals surface area (Å²) < 4.78 is 9.16. The molecule has 1 aromatic heterocycles. The topological polar surface area (TPSA) is 49.1 Å². The van der Waals surface area contributed by atoms with Gasteiger partial charge in [-0.15, -0.1) is 0 Å². The summed E-state index contributed by atoms with van der Waals surface area (Å²) >= 11 is 7.15. The number of ether oxygens (including phenoxy) is 1. The van der Waals surface area contributed by atoms with Gasteiger partial charge in [0.05, 0.1) is 7.11 Å². The number of nitriles is 1. The second-order valence-electron chi connectivity index (χ2n) is 4.64. The highest BCUT2D eigenvalue weighted by Gasteiger charge is 2.15. The number of rotatable bonds is 6. The van der Waals surface area contributed by atoms with Crippen LogP contribution in [0.2, 0.25) is 5.15 Å². The molecule has 1 aromatic carbocycles. The molecule has 4 nitrogen and oxygen atoms in total. The van der Waals surface area contributed by atoms with Gasteiger partial charge >= 0.3 is 0 Å². The first-order chi connectivity index (χ1) is 10.2. The second-order valence-corrected chi connectivity index (χ2v) is 5.75. The lowest BCUT2D eigenvalue weighted by Gasteiger charge is -2.16. The summed E-state index contributed by atoms with van der Waals surface area (Å²) in [4.78, 5) is 2.03. The van der Waals surface area contributed by atoms with Crippen LogP contribution in [0.25, 0.3) is 0 Å². The van der Waals surface area contributed by atoms with Crippen LogP contribution >= 0.6 is 23.1 Å². The number of aromatic nitrogens is 1. The highest BCUT2D eigenvalue weighted by atomic mass is 35.5. The number of halogens is 1. The standard InChI is InChI=1S/C15H16ClN3OS/c1-19(15-13(10-17)14(16)18-21-15)9-3-4-11-5-7-12(20-2)8-6-11/h5-8H,3-4,9H2,1-2H3. The molecule has 0 unspecified atom stereocenters. The van der Waals surface area contributed by atoms with Crippen LogP contribution in [0.3, 0.4) is 0 Å². The zero-order valence-corrected chi connectivity index (χ0v) is 13.5. The zero-order valence-electron chi connectivity index (χ0n) is 12.0. The van der Waals surface area contributed by atoms with E-state index >= 15 is 0 Å². The lowest BCUT2D eigenvalue weighted by molar-refractivity contribution is 0.414. The molecule has 0 atom stereocenters. The van der Waals surface area contributed by atoms with Gasteiger partial charge in [0.2, 0.25) is 0 Å². The number of anilines is 1. The molecule has 0 aliphatic rings. The molecule has 0 fully saturated rings. The fraction of sp³-hybridized carbons (Fsp3) is 0.333. The Hall–Kier alpha value is -1.77. The number of aryl methyl sites for hydroxylation is 1. The first-order valence-electron chi connectivity index (χ1n) is 6.55. The average Bonchev–Trinajstić information content (AvgIpc) is 2.88. The van der Waals surface area contributed by atoms with Crippen molar-refractivity contribution in [3.8, 4) is 11.8 Å². The van der Waals surface area contributed by atoms with E-state index in [2.05, 4.69) is 22.6 Å². The SMILES string of the molecule is COc1ccc(CCCN(C)c2snc(Cl)c2C#N)cc1. The number of methoxy groups -OCH3 is 1. The quantitative estimate of drug-likeness (QED) is 0.813. The third-order valence-electron chi connectivity index (χ3n) is 3.21. The van der Waals surface area contributed by atoms with Gasteiger partial charge in [-0.3, -0.25) is 0 Å². The molecule has 6 heteroatoms. The molecule has 1 heterocycles. The van der Waals surface area contributed by atoms with Crippen molar-refractivity contribution in [3.63, 3.8) is 0 Å². The molecular weight excluding hydrogens is 306 g/mol. The molecule has 0 saturated heterocycles.